The number of hydrogen-bond acceptors (Lipinski definition) is 4. The number of carbonyl (C=O) groups excluding carboxylic acids is 1. The molecule has 4 N–H and O–H groups in total. The van der Waals surface area contributed by atoms with E-state index in [1.54, 1.807) is 23.1 Å². The Morgan fingerprint density at radius 3 is 2.50 bits per heavy atom. The van der Waals surface area contributed by atoms with Crippen LogP contribution in [0.15, 0.2) is 48.5 Å². The first-order chi connectivity index (χ1) is 9.66. The highest BCUT2D eigenvalue weighted by Gasteiger charge is 2.35. The number of benzene rings is 2. The molecule has 2 aromatic carbocycles. The second-order valence-corrected chi connectivity index (χ2v) is 4.69. The second-order valence-electron chi connectivity index (χ2n) is 4.69. The zero-order valence-corrected chi connectivity index (χ0v) is 10.8. The molecule has 5 heteroatoms. The second kappa shape index (κ2) is 4.77. The predicted molar refractivity (Wildman–Crippen MR) is 78.3 cm³/mol. The van der Waals surface area contributed by atoms with E-state index in [-0.39, 0.29) is 12.1 Å². The minimum atomic E-state index is -0.372. The van der Waals surface area contributed by atoms with Crippen molar-refractivity contribution < 1.29 is 9.53 Å². The van der Waals surface area contributed by atoms with Crippen LogP contribution in [0.5, 0.6) is 0 Å². The van der Waals surface area contributed by atoms with Crippen LogP contribution in [-0.2, 0) is 4.74 Å². The third kappa shape index (κ3) is 2.03. The maximum Gasteiger partial charge on any atom is 0.415 e. The number of rotatable bonds is 2. The van der Waals surface area contributed by atoms with Gasteiger partial charge in [-0.1, -0.05) is 30.3 Å². The lowest BCUT2D eigenvalue weighted by molar-refractivity contribution is 0.179. The van der Waals surface area contributed by atoms with Crippen LogP contribution in [0, 0.1) is 0 Å². The van der Waals surface area contributed by atoms with Gasteiger partial charge in [-0.25, -0.2) is 4.79 Å². The average Bonchev–Trinajstić information content (AvgIpc) is 2.85. The van der Waals surface area contributed by atoms with Crippen LogP contribution in [0.3, 0.4) is 0 Å². The fourth-order valence-electron chi connectivity index (χ4n) is 2.34. The van der Waals surface area contributed by atoms with Gasteiger partial charge in [0.1, 0.15) is 6.61 Å². The Morgan fingerprint density at radius 2 is 1.80 bits per heavy atom. The van der Waals surface area contributed by atoms with Crippen LogP contribution in [0.1, 0.15) is 11.6 Å². The van der Waals surface area contributed by atoms with Crippen molar-refractivity contribution in [1.82, 2.24) is 0 Å². The summed E-state index contributed by atoms with van der Waals surface area (Å²) in [6.45, 7) is 0.327. The molecule has 5 nitrogen and oxygen atoms in total. The third-order valence-corrected chi connectivity index (χ3v) is 3.41. The molecule has 1 aliphatic heterocycles. The zero-order chi connectivity index (χ0) is 14.1. The number of nitrogen functional groups attached to an aromatic ring is 2. The number of anilines is 3. The molecule has 3 rings (SSSR count). The third-order valence-electron chi connectivity index (χ3n) is 3.41. The van der Waals surface area contributed by atoms with E-state index in [4.69, 9.17) is 16.2 Å². The van der Waals surface area contributed by atoms with Crippen molar-refractivity contribution in [2.24, 2.45) is 0 Å². The Labute approximate surface area is 116 Å². The molecule has 1 fully saturated rings. The highest BCUT2D eigenvalue weighted by Crippen LogP contribution is 2.34. The van der Waals surface area contributed by atoms with E-state index in [1.165, 1.54) is 0 Å². The molecular formula is C15H15N3O2. The number of nitrogens with zero attached hydrogens (tertiary/aromatic N) is 1. The maximum absolute atomic E-state index is 12.0. The fraction of sp³-hybridized carbons (Fsp3) is 0.133. The lowest BCUT2D eigenvalue weighted by atomic mass is 10.1. The molecule has 0 radical (unpaired) electrons. The summed E-state index contributed by atoms with van der Waals surface area (Å²) in [7, 11) is 0. The van der Waals surface area contributed by atoms with Gasteiger partial charge in [0.05, 0.1) is 23.1 Å². The first-order valence-electron chi connectivity index (χ1n) is 6.33. The van der Waals surface area contributed by atoms with Gasteiger partial charge in [-0.05, 0) is 23.8 Å². The Balaban J connectivity index is 2.00. The Hall–Kier alpha value is -2.69. The van der Waals surface area contributed by atoms with Crippen molar-refractivity contribution >= 4 is 23.2 Å². The van der Waals surface area contributed by atoms with E-state index in [1.807, 2.05) is 30.3 Å². The lowest BCUT2D eigenvalue weighted by Crippen LogP contribution is -2.27. The molecule has 0 saturated carbocycles. The average molecular weight is 269 g/mol. The topological polar surface area (TPSA) is 81.6 Å². The molecule has 20 heavy (non-hydrogen) atoms. The quantitative estimate of drug-likeness (QED) is 0.821. The lowest BCUT2D eigenvalue weighted by Gasteiger charge is -2.22. The van der Waals surface area contributed by atoms with Gasteiger partial charge in [0.25, 0.3) is 0 Å². The minimum absolute atomic E-state index is 0.147. The molecule has 0 spiro atoms. The van der Waals surface area contributed by atoms with Gasteiger partial charge in [0, 0.05) is 0 Å². The number of hydrogen-bond donors (Lipinski definition) is 2. The largest absolute Gasteiger partial charge is 0.447 e. The van der Waals surface area contributed by atoms with Crippen molar-refractivity contribution in [2.75, 3.05) is 23.0 Å². The summed E-state index contributed by atoms with van der Waals surface area (Å²) in [5.74, 6) is 0. The molecule has 0 bridgehead atoms. The molecule has 0 aliphatic carbocycles. The molecule has 0 unspecified atom stereocenters. The standard InChI is InChI=1S/C15H15N3O2/c16-12-7-6-11(8-13(12)17)18-14(9-20-15(18)19)10-4-2-1-3-5-10/h1-8,14H,9,16-17H2/t14-/m1/s1. The van der Waals surface area contributed by atoms with Crippen molar-refractivity contribution in [3.63, 3.8) is 0 Å². The molecular weight excluding hydrogens is 254 g/mol. The predicted octanol–water partition coefficient (Wildman–Crippen LogP) is 2.55. The Bertz CT molecular complexity index is 643. The smallest absolute Gasteiger partial charge is 0.415 e. The first kappa shape index (κ1) is 12.3. The van der Waals surface area contributed by atoms with E-state index in [0.717, 1.165) is 5.56 Å². The summed E-state index contributed by atoms with van der Waals surface area (Å²) >= 11 is 0. The monoisotopic (exact) mass is 269 g/mol. The van der Waals surface area contributed by atoms with Gasteiger partial charge in [0.15, 0.2) is 0 Å². The van der Waals surface area contributed by atoms with Crippen LogP contribution in [0.25, 0.3) is 0 Å². The van der Waals surface area contributed by atoms with Crippen molar-refractivity contribution in [2.45, 2.75) is 6.04 Å². The molecule has 102 valence electrons. The summed E-state index contributed by atoms with van der Waals surface area (Å²) in [5, 5.41) is 0. The van der Waals surface area contributed by atoms with Gasteiger partial charge in [-0.3, -0.25) is 4.90 Å². The van der Waals surface area contributed by atoms with E-state index in [0.29, 0.717) is 23.7 Å². The van der Waals surface area contributed by atoms with Crippen molar-refractivity contribution in [3.8, 4) is 0 Å². The summed E-state index contributed by atoms with van der Waals surface area (Å²) in [6.07, 6.45) is -0.372. The SMILES string of the molecule is Nc1ccc(N2C(=O)OC[C@@H]2c2ccccc2)cc1N. The van der Waals surface area contributed by atoms with E-state index < -0.39 is 0 Å². The molecule has 1 saturated heterocycles. The highest BCUT2D eigenvalue weighted by atomic mass is 16.6. The summed E-state index contributed by atoms with van der Waals surface area (Å²) in [4.78, 5) is 13.6. The Morgan fingerprint density at radius 1 is 1.05 bits per heavy atom. The van der Waals surface area contributed by atoms with Crippen molar-refractivity contribution in [3.05, 3.63) is 54.1 Å². The first-order valence-corrected chi connectivity index (χ1v) is 6.33. The number of nitrogens with two attached hydrogens (primary N) is 2. The van der Waals surface area contributed by atoms with E-state index >= 15 is 0 Å². The molecule has 2 aromatic rings. The number of cyclic esters (lactones) is 1. The van der Waals surface area contributed by atoms with Gasteiger partial charge in [-0.2, -0.15) is 0 Å². The molecule has 1 heterocycles. The summed E-state index contributed by atoms with van der Waals surface area (Å²) < 4.78 is 5.17. The van der Waals surface area contributed by atoms with Gasteiger partial charge in [-0.15, -0.1) is 0 Å². The van der Waals surface area contributed by atoms with Crippen LogP contribution in [0.4, 0.5) is 21.9 Å². The molecule has 0 aromatic heterocycles. The van der Waals surface area contributed by atoms with Crippen LogP contribution in [0.2, 0.25) is 0 Å². The molecule has 1 aliphatic rings. The highest BCUT2D eigenvalue weighted by molar-refractivity contribution is 5.92. The van der Waals surface area contributed by atoms with E-state index in [9.17, 15) is 4.79 Å². The molecule has 1 atom stereocenters. The number of carbonyl (C=O) groups is 1. The minimum Gasteiger partial charge on any atom is -0.447 e. The number of ether oxygens (including phenoxy) is 1. The van der Waals surface area contributed by atoms with Crippen LogP contribution in [-0.4, -0.2) is 12.7 Å². The summed E-state index contributed by atoms with van der Waals surface area (Å²) in [6, 6.07) is 14.8. The summed E-state index contributed by atoms with van der Waals surface area (Å²) in [5.41, 5.74) is 14.2. The number of amides is 1. The van der Waals surface area contributed by atoms with Crippen LogP contribution >= 0.6 is 0 Å². The normalized spacial score (nSPS) is 18.1. The van der Waals surface area contributed by atoms with Gasteiger partial charge >= 0.3 is 6.09 Å². The van der Waals surface area contributed by atoms with Gasteiger partial charge in [0.2, 0.25) is 0 Å². The Kier molecular flexibility index (Phi) is 2.95. The molecule has 1 amide bonds. The van der Waals surface area contributed by atoms with Crippen LogP contribution < -0.4 is 16.4 Å². The van der Waals surface area contributed by atoms with E-state index in [2.05, 4.69) is 0 Å². The van der Waals surface area contributed by atoms with Crippen molar-refractivity contribution in [1.29, 1.82) is 0 Å². The maximum atomic E-state index is 12.0. The fourth-order valence-corrected chi connectivity index (χ4v) is 2.34. The zero-order valence-electron chi connectivity index (χ0n) is 10.8. The van der Waals surface area contributed by atoms with Gasteiger partial charge < -0.3 is 16.2 Å².